The molecule has 7 heteroatoms. The van der Waals surface area contributed by atoms with Gasteiger partial charge in [-0.25, -0.2) is 0 Å². The molecular weight excluding hydrogens is 392 g/mol. The van der Waals surface area contributed by atoms with Crippen LogP contribution in [0.25, 0.3) is 0 Å². The Morgan fingerprint density at radius 1 is 1.10 bits per heavy atom. The van der Waals surface area contributed by atoms with Crippen LogP contribution in [0, 0.1) is 5.92 Å². The molecule has 0 bridgehead atoms. The normalized spacial score (nSPS) is 16.0. The standard InChI is InChI=1S/C22H23ClN2O4/c23-19-9-5-4-8-17(19)13-24-20(26)15-29-22(28)18-12-21(27)25(14-18)11-10-16-6-2-1-3-7-16/h1-9,18H,10-15H2,(H,24,26)/t18-/m1/s1. The van der Waals surface area contributed by atoms with Crippen molar-refractivity contribution in [3.05, 3.63) is 70.7 Å². The maximum Gasteiger partial charge on any atom is 0.311 e. The van der Waals surface area contributed by atoms with E-state index < -0.39 is 17.8 Å². The summed E-state index contributed by atoms with van der Waals surface area (Å²) in [5.41, 5.74) is 1.92. The molecule has 3 rings (SSSR count). The van der Waals surface area contributed by atoms with E-state index in [0.29, 0.717) is 18.1 Å². The number of nitrogens with one attached hydrogen (secondary N) is 1. The van der Waals surface area contributed by atoms with Crippen LogP contribution in [0.1, 0.15) is 17.5 Å². The number of amides is 2. The average Bonchev–Trinajstić information content (AvgIpc) is 3.11. The Kier molecular flexibility index (Phi) is 7.25. The van der Waals surface area contributed by atoms with Crippen LogP contribution < -0.4 is 5.32 Å². The number of hydrogen-bond donors (Lipinski definition) is 1. The van der Waals surface area contributed by atoms with Gasteiger partial charge in [-0.15, -0.1) is 0 Å². The molecule has 1 aliphatic rings. The third-order valence-electron chi connectivity index (χ3n) is 4.84. The largest absolute Gasteiger partial charge is 0.455 e. The van der Waals surface area contributed by atoms with E-state index in [1.54, 1.807) is 11.0 Å². The van der Waals surface area contributed by atoms with Gasteiger partial charge in [-0.2, -0.15) is 0 Å². The maximum atomic E-state index is 12.2. The van der Waals surface area contributed by atoms with E-state index in [0.717, 1.165) is 17.5 Å². The number of rotatable bonds is 8. The van der Waals surface area contributed by atoms with Gasteiger partial charge >= 0.3 is 5.97 Å². The topological polar surface area (TPSA) is 75.7 Å². The van der Waals surface area contributed by atoms with Gasteiger partial charge in [-0.1, -0.05) is 60.1 Å². The Bertz CT molecular complexity index is 872. The molecule has 1 aliphatic heterocycles. The number of nitrogens with zero attached hydrogens (tertiary/aromatic N) is 1. The van der Waals surface area contributed by atoms with Crippen molar-refractivity contribution in [3.8, 4) is 0 Å². The van der Waals surface area contributed by atoms with Crippen molar-refractivity contribution < 1.29 is 19.1 Å². The minimum atomic E-state index is -0.533. The smallest absolute Gasteiger partial charge is 0.311 e. The minimum absolute atomic E-state index is 0.0638. The monoisotopic (exact) mass is 414 g/mol. The van der Waals surface area contributed by atoms with Crippen molar-refractivity contribution in [2.75, 3.05) is 19.7 Å². The first-order valence-electron chi connectivity index (χ1n) is 9.51. The number of ether oxygens (including phenoxy) is 1. The second kappa shape index (κ2) is 10.1. The molecule has 2 aromatic carbocycles. The Balaban J connectivity index is 1.39. The molecule has 0 aromatic heterocycles. The van der Waals surface area contributed by atoms with Crippen LogP contribution in [0.4, 0.5) is 0 Å². The van der Waals surface area contributed by atoms with Gasteiger partial charge in [0.1, 0.15) is 0 Å². The number of carbonyl (C=O) groups is 3. The van der Waals surface area contributed by atoms with Crippen LogP contribution in [0.2, 0.25) is 5.02 Å². The Labute approximate surface area is 174 Å². The highest BCUT2D eigenvalue weighted by Crippen LogP contribution is 2.20. The summed E-state index contributed by atoms with van der Waals surface area (Å²) in [5.74, 6) is -1.53. The van der Waals surface area contributed by atoms with Gasteiger partial charge in [0.05, 0.1) is 5.92 Å². The zero-order chi connectivity index (χ0) is 20.6. The summed E-state index contributed by atoms with van der Waals surface area (Å²) in [7, 11) is 0. The SMILES string of the molecule is O=C(COC(=O)[C@@H]1CC(=O)N(CCc2ccccc2)C1)NCc1ccccc1Cl. The molecule has 0 aliphatic carbocycles. The number of halogens is 1. The number of carbonyl (C=O) groups excluding carboxylic acids is 3. The Hall–Kier alpha value is -2.86. The van der Waals surface area contributed by atoms with Gasteiger partial charge in [0.2, 0.25) is 5.91 Å². The zero-order valence-electron chi connectivity index (χ0n) is 16.0. The number of hydrogen-bond acceptors (Lipinski definition) is 4. The summed E-state index contributed by atoms with van der Waals surface area (Å²) in [6, 6.07) is 17.1. The van der Waals surface area contributed by atoms with Crippen LogP contribution >= 0.6 is 11.6 Å². The first-order valence-corrected chi connectivity index (χ1v) is 9.89. The van der Waals surface area contributed by atoms with Crippen molar-refractivity contribution >= 4 is 29.4 Å². The van der Waals surface area contributed by atoms with Gasteiger partial charge in [0.25, 0.3) is 5.91 Å². The van der Waals surface area contributed by atoms with Gasteiger partial charge in [0, 0.05) is 31.1 Å². The molecule has 0 spiro atoms. The summed E-state index contributed by atoms with van der Waals surface area (Å²) in [4.78, 5) is 38.0. The maximum absolute atomic E-state index is 12.2. The number of esters is 1. The summed E-state index contributed by atoms with van der Waals surface area (Å²) < 4.78 is 5.10. The molecule has 0 unspecified atom stereocenters. The molecule has 152 valence electrons. The van der Waals surface area contributed by atoms with Crippen LogP contribution in [0.5, 0.6) is 0 Å². The molecule has 29 heavy (non-hydrogen) atoms. The number of benzene rings is 2. The molecule has 2 aromatic rings. The molecule has 1 saturated heterocycles. The van der Waals surface area contributed by atoms with E-state index in [9.17, 15) is 14.4 Å². The highest BCUT2D eigenvalue weighted by atomic mass is 35.5. The Morgan fingerprint density at radius 3 is 2.59 bits per heavy atom. The zero-order valence-corrected chi connectivity index (χ0v) is 16.7. The molecule has 1 fully saturated rings. The lowest BCUT2D eigenvalue weighted by Gasteiger charge is -2.16. The first kappa shape index (κ1) is 20.9. The molecule has 0 radical (unpaired) electrons. The van der Waals surface area contributed by atoms with Crippen LogP contribution in [0.15, 0.2) is 54.6 Å². The highest BCUT2D eigenvalue weighted by molar-refractivity contribution is 6.31. The molecule has 1 N–H and O–H groups in total. The Morgan fingerprint density at radius 2 is 1.83 bits per heavy atom. The molecular formula is C22H23ClN2O4. The van der Waals surface area contributed by atoms with Crippen LogP contribution in [-0.4, -0.2) is 42.4 Å². The summed E-state index contributed by atoms with van der Waals surface area (Å²) in [5, 5.41) is 3.22. The van der Waals surface area contributed by atoms with Gasteiger partial charge < -0.3 is 15.0 Å². The van der Waals surface area contributed by atoms with Gasteiger partial charge in [-0.05, 0) is 23.6 Å². The quantitative estimate of drug-likeness (QED) is 0.674. The fourth-order valence-electron chi connectivity index (χ4n) is 3.20. The molecule has 6 nitrogen and oxygen atoms in total. The fourth-order valence-corrected chi connectivity index (χ4v) is 3.40. The molecule has 1 heterocycles. The summed E-state index contributed by atoms with van der Waals surface area (Å²) >= 11 is 6.04. The third-order valence-corrected chi connectivity index (χ3v) is 5.21. The number of likely N-dealkylation sites (tertiary alicyclic amines) is 1. The van der Waals surface area contributed by atoms with E-state index in [2.05, 4.69) is 5.32 Å². The van der Waals surface area contributed by atoms with E-state index in [-0.39, 0.29) is 25.5 Å². The lowest BCUT2D eigenvalue weighted by Crippen LogP contribution is -2.31. The van der Waals surface area contributed by atoms with Crippen molar-refractivity contribution in [3.63, 3.8) is 0 Å². The van der Waals surface area contributed by atoms with E-state index in [1.165, 1.54) is 0 Å². The summed E-state index contributed by atoms with van der Waals surface area (Å²) in [6.07, 6.45) is 0.855. The lowest BCUT2D eigenvalue weighted by molar-refractivity contribution is -0.152. The summed E-state index contributed by atoms with van der Waals surface area (Å²) in [6.45, 7) is 0.764. The average molecular weight is 415 g/mol. The predicted octanol–water partition coefficient (Wildman–Crippen LogP) is 2.59. The minimum Gasteiger partial charge on any atom is -0.455 e. The lowest BCUT2D eigenvalue weighted by atomic mass is 10.1. The highest BCUT2D eigenvalue weighted by Gasteiger charge is 2.35. The van der Waals surface area contributed by atoms with E-state index in [4.69, 9.17) is 16.3 Å². The van der Waals surface area contributed by atoms with Crippen molar-refractivity contribution in [2.45, 2.75) is 19.4 Å². The second-order valence-electron chi connectivity index (χ2n) is 6.95. The third kappa shape index (κ3) is 6.06. The first-order chi connectivity index (χ1) is 14.0. The molecule has 0 saturated carbocycles. The van der Waals surface area contributed by atoms with Gasteiger partial charge in [-0.3, -0.25) is 14.4 Å². The van der Waals surface area contributed by atoms with Crippen LogP contribution in [0.3, 0.4) is 0 Å². The van der Waals surface area contributed by atoms with Gasteiger partial charge in [0.15, 0.2) is 6.61 Å². The van der Waals surface area contributed by atoms with E-state index >= 15 is 0 Å². The second-order valence-corrected chi connectivity index (χ2v) is 7.36. The van der Waals surface area contributed by atoms with Crippen molar-refractivity contribution in [1.82, 2.24) is 10.2 Å². The van der Waals surface area contributed by atoms with E-state index in [1.807, 2.05) is 48.5 Å². The predicted molar refractivity (Wildman–Crippen MR) is 109 cm³/mol. The molecule has 2 amide bonds. The fraction of sp³-hybridized carbons (Fsp3) is 0.318. The molecule has 1 atom stereocenters. The van der Waals surface area contributed by atoms with Crippen molar-refractivity contribution in [1.29, 1.82) is 0 Å². The van der Waals surface area contributed by atoms with Crippen molar-refractivity contribution in [2.24, 2.45) is 5.92 Å². The van der Waals surface area contributed by atoms with Crippen LogP contribution in [-0.2, 0) is 32.1 Å².